The van der Waals surface area contributed by atoms with E-state index in [1.807, 2.05) is 48.8 Å². The van der Waals surface area contributed by atoms with E-state index >= 15 is 0 Å². The molecule has 1 saturated heterocycles. The summed E-state index contributed by atoms with van der Waals surface area (Å²) in [6.45, 7) is 9.86. The SMILES string of the molecule is CC(C)(C)c1nc(N2CCN(CCCCN3C(=O)CCCc4ccccc43)CC2)cc(C(F)(F)F)n1. The number of fused-ring (bicyclic) bond motifs is 1. The predicted molar refractivity (Wildman–Crippen MR) is 135 cm³/mol. The van der Waals surface area contributed by atoms with Crippen molar-refractivity contribution in [2.24, 2.45) is 0 Å². The lowest BCUT2D eigenvalue weighted by Gasteiger charge is -2.36. The summed E-state index contributed by atoms with van der Waals surface area (Å²) < 4.78 is 40.4. The number of aryl methyl sites for hydroxylation is 1. The van der Waals surface area contributed by atoms with E-state index in [9.17, 15) is 18.0 Å². The molecule has 1 aromatic carbocycles. The Labute approximate surface area is 211 Å². The molecular formula is C27H36F3N5O. The number of amides is 1. The molecule has 0 unspecified atom stereocenters. The number of hydrogen-bond acceptors (Lipinski definition) is 5. The second-order valence-corrected chi connectivity index (χ2v) is 10.7. The summed E-state index contributed by atoms with van der Waals surface area (Å²) in [5, 5.41) is 0. The first-order valence-corrected chi connectivity index (χ1v) is 12.8. The number of carbonyl (C=O) groups is 1. The van der Waals surface area contributed by atoms with Crippen LogP contribution in [0.5, 0.6) is 0 Å². The lowest BCUT2D eigenvalue weighted by atomic mass is 9.95. The number of rotatable bonds is 6. The highest BCUT2D eigenvalue weighted by Gasteiger charge is 2.36. The number of unbranched alkanes of at least 4 members (excludes halogenated alkanes) is 1. The van der Waals surface area contributed by atoms with Crippen LogP contribution < -0.4 is 9.80 Å². The minimum atomic E-state index is -4.51. The van der Waals surface area contributed by atoms with E-state index in [1.165, 1.54) is 5.56 Å². The van der Waals surface area contributed by atoms with Gasteiger partial charge in [-0.25, -0.2) is 9.97 Å². The number of hydrogen-bond donors (Lipinski definition) is 0. The smallest absolute Gasteiger partial charge is 0.354 e. The zero-order chi connectivity index (χ0) is 25.9. The van der Waals surface area contributed by atoms with E-state index in [0.717, 1.165) is 57.1 Å². The molecule has 2 aliphatic heterocycles. The van der Waals surface area contributed by atoms with Crippen LogP contribution in [0.2, 0.25) is 0 Å². The van der Waals surface area contributed by atoms with Gasteiger partial charge in [-0.15, -0.1) is 0 Å². The highest BCUT2D eigenvalue weighted by Crippen LogP contribution is 2.32. The van der Waals surface area contributed by atoms with Crippen LogP contribution in [0.3, 0.4) is 0 Å². The molecule has 9 heteroatoms. The largest absolute Gasteiger partial charge is 0.433 e. The van der Waals surface area contributed by atoms with Crippen molar-refractivity contribution in [1.82, 2.24) is 14.9 Å². The third-order valence-corrected chi connectivity index (χ3v) is 6.90. The van der Waals surface area contributed by atoms with Crippen LogP contribution in [0, 0.1) is 0 Å². The van der Waals surface area contributed by atoms with Crippen molar-refractivity contribution < 1.29 is 18.0 Å². The third kappa shape index (κ3) is 6.35. The lowest BCUT2D eigenvalue weighted by Crippen LogP contribution is -2.47. The molecule has 1 amide bonds. The van der Waals surface area contributed by atoms with Crippen molar-refractivity contribution in [2.45, 2.75) is 64.5 Å². The fraction of sp³-hybridized carbons (Fsp3) is 0.593. The van der Waals surface area contributed by atoms with Crippen molar-refractivity contribution in [3.63, 3.8) is 0 Å². The fourth-order valence-corrected chi connectivity index (χ4v) is 4.81. The Kier molecular flexibility index (Phi) is 7.87. The van der Waals surface area contributed by atoms with Crippen LogP contribution in [0.15, 0.2) is 30.3 Å². The van der Waals surface area contributed by atoms with Crippen LogP contribution in [-0.4, -0.2) is 60.0 Å². The minimum Gasteiger partial charge on any atom is -0.354 e. The zero-order valence-electron chi connectivity index (χ0n) is 21.4. The summed E-state index contributed by atoms with van der Waals surface area (Å²) in [7, 11) is 0. The van der Waals surface area contributed by atoms with E-state index in [1.54, 1.807) is 0 Å². The highest BCUT2D eigenvalue weighted by atomic mass is 19.4. The van der Waals surface area contributed by atoms with E-state index in [2.05, 4.69) is 20.9 Å². The van der Waals surface area contributed by atoms with Gasteiger partial charge >= 0.3 is 6.18 Å². The number of aromatic nitrogens is 2. The third-order valence-electron chi connectivity index (χ3n) is 6.90. The normalized spacial score (nSPS) is 17.8. The van der Waals surface area contributed by atoms with Crippen LogP contribution in [0.4, 0.5) is 24.7 Å². The Bertz CT molecular complexity index is 1030. The second-order valence-electron chi connectivity index (χ2n) is 10.7. The summed E-state index contributed by atoms with van der Waals surface area (Å²) in [5.74, 6) is 0.755. The number of para-hydroxylation sites is 1. The van der Waals surface area contributed by atoms with Crippen LogP contribution in [-0.2, 0) is 22.8 Å². The molecule has 0 radical (unpaired) electrons. The van der Waals surface area contributed by atoms with Gasteiger partial charge < -0.3 is 9.80 Å². The Morgan fingerprint density at radius 2 is 1.61 bits per heavy atom. The molecule has 2 aliphatic rings. The van der Waals surface area contributed by atoms with Crippen molar-refractivity contribution in [3.8, 4) is 0 Å². The number of carbonyl (C=O) groups excluding carboxylic acids is 1. The number of halogens is 3. The molecule has 36 heavy (non-hydrogen) atoms. The van der Waals surface area contributed by atoms with Crippen LogP contribution in [0.25, 0.3) is 0 Å². The molecule has 0 aliphatic carbocycles. The molecule has 1 fully saturated rings. The molecule has 0 bridgehead atoms. The van der Waals surface area contributed by atoms with E-state index in [0.29, 0.717) is 31.9 Å². The Balaban J connectivity index is 1.30. The van der Waals surface area contributed by atoms with Gasteiger partial charge in [0.05, 0.1) is 0 Å². The molecular weight excluding hydrogens is 467 g/mol. The van der Waals surface area contributed by atoms with Gasteiger partial charge in [0.15, 0.2) is 0 Å². The lowest BCUT2D eigenvalue weighted by molar-refractivity contribution is -0.141. The Morgan fingerprint density at radius 1 is 0.917 bits per heavy atom. The quantitative estimate of drug-likeness (QED) is 0.516. The van der Waals surface area contributed by atoms with Gasteiger partial charge in [-0.2, -0.15) is 13.2 Å². The first-order valence-electron chi connectivity index (χ1n) is 12.8. The molecule has 4 rings (SSSR count). The maximum atomic E-state index is 13.5. The monoisotopic (exact) mass is 503 g/mol. The standard InChI is InChI=1S/C27H36F3N5O/c1-26(2,3)25-31-22(27(28,29)30)19-23(32-25)34-17-15-33(16-18-34)13-6-7-14-35-21-11-5-4-9-20(21)10-8-12-24(35)36/h4-5,9,11,19H,6-8,10,12-18H2,1-3H3. The van der Waals surface area contributed by atoms with E-state index < -0.39 is 17.3 Å². The number of anilines is 2. The Hall–Kier alpha value is -2.68. The van der Waals surface area contributed by atoms with Crippen molar-refractivity contribution in [3.05, 3.63) is 47.4 Å². The van der Waals surface area contributed by atoms with Gasteiger partial charge in [0, 0.05) is 56.3 Å². The van der Waals surface area contributed by atoms with Crippen LogP contribution >= 0.6 is 0 Å². The summed E-state index contributed by atoms with van der Waals surface area (Å²) in [4.78, 5) is 27.1. The van der Waals surface area contributed by atoms with Gasteiger partial charge in [0.25, 0.3) is 0 Å². The summed E-state index contributed by atoms with van der Waals surface area (Å²) in [6, 6.07) is 9.24. The average molecular weight is 504 g/mol. The summed E-state index contributed by atoms with van der Waals surface area (Å²) >= 11 is 0. The van der Waals surface area contributed by atoms with Crippen LogP contribution in [0.1, 0.15) is 63.5 Å². The molecule has 0 atom stereocenters. The topological polar surface area (TPSA) is 52.6 Å². The van der Waals surface area contributed by atoms with E-state index in [4.69, 9.17) is 0 Å². The first kappa shape index (κ1) is 26.4. The van der Waals surface area contributed by atoms with Gasteiger partial charge in [0.2, 0.25) is 5.91 Å². The second kappa shape index (κ2) is 10.7. The van der Waals surface area contributed by atoms with Gasteiger partial charge in [-0.05, 0) is 43.9 Å². The zero-order valence-corrected chi connectivity index (χ0v) is 21.4. The molecule has 1 aromatic heterocycles. The van der Waals surface area contributed by atoms with Crippen molar-refractivity contribution in [2.75, 3.05) is 49.1 Å². The van der Waals surface area contributed by atoms with E-state index in [-0.39, 0.29) is 11.7 Å². The fourth-order valence-electron chi connectivity index (χ4n) is 4.81. The summed E-state index contributed by atoms with van der Waals surface area (Å²) in [6.07, 6.45) is -0.204. The molecule has 196 valence electrons. The molecule has 0 saturated carbocycles. The van der Waals surface area contributed by atoms with Crippen molar-refractivity contribution >= 4 is 17.4 Å². The van der Waals surface area contributed by atoms with Crippen molar-refractivity contribution in [1.29, 1.82) is 0 Å². The first-order chi connectivity index (χ1) is 17.0. The molecule has 0 spiro atoms. The highest BCUT2D eigenvalue weighted by molar-refractivity contribution is 5.94. The molecule has 2 aromatic rings. The maximum Gasteiger partial charge on any atom is 0.433 e. The predicted octanol–water partition coefficient (Wildman–Crippen LogP) is 5.06. The molecule has 3 heterocycles. The number of piperazine rings is 1. The summed E-state index contributed by atoms with van der Waals surface area (Å²) in [5.41, 5.74) is 0.830. The maximum absolute atomic E-state index is 13.5. The van der Waals surface area contributed by atoms with Gasteiger partial charge in [-0.1, -0.05) is 39.0 Å². The molecule has 0 N–H and O–H groups in total. The average Bonchev–Trinajstić information content (AvgIpc) is 2.99. The number of nitrogens with zero attached hydrogens (tertiary/aromatic N) is 5. The van der Waals surface area contributed by atoms with Gasteiger partial charge in [0.1, 0.15) is 17.3 Å². The minimum absolute atomic E-state index is 0.200. The Morgan fingerprint density at radius 3 is 2.31 bits per heavy atom. The number of benzene rings is 1. The number of alkyl halides is 3. The van der Waals surface area contributed by atoms with Gasteiger partial charge in [-0.3, -0.25) is 9.69 Å². The molecule has 6 nitrogen and oxygen atoms in total.